The first-order chi connectivity index (χ1) is 5.74. The minimum absolute atomic E-state index is 0.526. The fourth-order valence-electron chi connectivity index (χ4n) is 1.16. The Morgan fingerprint density at radius 1 is 1.50 bits per heavy atom. The molecule has 0 aliphatic rings. The average Bonchev–Trinajstić information content (AvgIpc) is 2.51. The first-order valence-corrected chi connectivity index (χ1v) is 4.86. The SMILES string of the molecule is CC(C)C(CCl)Cc1ccco1. The van der Waals surface area contributed by atoms with E-state index in [0.717, 1.165) is 12.2 Å². The second kappa shape index (κ2) is 4.56. The van der Waals surface area contributed by atoms with E-state index < -0.39 is 0 Å². The van der Waals surface area contributed by atoms with Crippen LogP contribution in [0.4, 0.5) is 0 Å². The quantitative estimate of drug-likeness (QED) is 0.658. The van der Waals surface area contributed by atoms with Crippen molar-refractivity contribution in [1.82, 2.24) is 0 Å². The van der Waals surface area contributed by atoms with E-state index in [9.17, 15) is 0 Å². The standard InChI is InChI=1S/C10H15ClO/c1-8(2)9(7-11)6-10-4-3-5-12-10/h3-5,8-9H,6-7H2,1-2H3. The molecule has 0 bridgehead atoms. The molecule has 2 heteroatoms. The predicted octanol–water partition coefficient (Wildman–Crippen LogP) is 3.33. The average molecular weight is 187 g/mol. The van der Waals surface area contributed by atoms with Gasteiger partial charge in [0.05, 0.1) is 6.26 Å². The Morgan fingerprint density at radius 2 is 2.25 bits per heavy atom. The van der Waals surface area contributed by atoms with Gasteiger partial charge < -0.3 is 4.42 Å². The highest BCUT2D eigenvalue weighted by molar-refractivity contribution is 6.18. The van der Waals surface area contributed by atoms with Crippen LogP contribution in [0.25, 0.3) is 0 Å². The third-order valence-electron chi connectivity index (χ3n) is 2.18. The van der Waals surface area contributed by atoms with Crippen LogP contribution in [0.1, 0.15) is 19.6 Å². The van der Waals surface area contributed by atoms with Crippen molar-refractivity contribution in [2.24, 2.45) is 11.8 Å². The van der Waals surface area contributed by atoms with Crippen molar-refractivity contribution in [3.05, 3.63) is 24.2 Å². The fourth-order valence-corrected chi connectivity index (χ4v) is 1.62. The van der Waals surface area contributed by atoms with Gasteiger partial charge in [-0.05, 0) is 24.0 Å². The Balaban J connectivity index is 2.48. The van der Waals surface area contributed by atoms with Crippen LogP contribution in [0.2, 0.25) is 0 Å². The molecule has 0 saturated heterocycles. The topological polar surface area (TPSA) is 13.1 Å². The van der Waals surface area contributed by atoms with E-state index in [0.29, 0.717) is 17.7 Å². The van der Waals surface area contributed by atoms with E-state index in [1.165, 1.54) is 0 Å². The highest BCUT2D eigenvalue weighted by atomic mass is 35.5. The fraction of sp³-hybridized carbons (Fsp3) is 0.600. The van der Waals surface area contributed by atoms with E-state index in [-0.39, 0.29) is 0 Å². The molecule has 0 fully saturated rings. The lowest BCUT2D eigenvalue weighted by molar-refractivity contribution is 0.381. The summed E-state index contributed by atoms with van der Waals surface area (Å²) in [7, 11) is 0. The van der Waals surface area contributed by atoms with E-state index in [2.05, 4.69) is 13.8 Å². The van der Waals surface area contributed by atoms with Crippen LogP contribution in [-0.4, -0.2) is 5.88 Å². The maximum atomic E-state index is 5.84. The van der Waals surface area contributed by atoms with Crippen LogP contribution in [0.3, 0.4) is 0 Å². The maximum absolute atomic E-state index is 5.84. The van der Waals surface area contributed by atoms with E-state index >= 15 is 0 Å². The van der Waals surface area contributed by atoms with Gasteiger partial charge in [-0.2, -0.15) is 0 Å². The first kappa shape index (κ1) is 9.66. The van der Waals surface area contributed by atoms with E-state index in [1.54, 1.807) is 6.26 Å². The molecular formula is C10H15ClO. The van der Waals surface area contributed by atoms with E-state index in [1.807, 2.05) is 12.1 Å². The molecule has 1 nitrogen and oxygen atoms in total. The summed E-state index contributed by atoms with van der Waals surface area (Å²) in [4.78, 5) is 0. The molecule has 1 aromatic rings. The molecule has 1 atom stereocenters. The molecule has 12 heavy (non-hydrogen) atoms. The Bertz CT molecular complexity index is 204. The van der Waals surface area contributed by atoms with Gasteiger partial charge in [-0.1, -0.05) is 13.8 Å². The Hall–Kier alpha value is -0.430. The minimum Gasteiger partial charge on any atom is -0.469 e. The molecule has 0 saturated carbocycles. The van der Waals surface area contributed by atoms with Crippen molar-refractivity contribution in [1.29, 1.82) is 0 Å². The Labute approximate surface area is 78.7 Å². The van der Waals surface area contributed by atoms with Crippen LogP contribution in [-0.2, 0) is 6.42 Å². The molecule has 0 aromatic carbocycles. The molecule has 0 amide bonds. The zero-order chi connectivity index (χ0) is 8.97. The molecule has 68 valence electrons. The molecule has 1 rings (SSSR count). The summed E-state index contributed by atoms with van der Waals surface area (Å²) in [5, 5.41) is 0. The number of hydrogen-bond acceptors (Lipinski definition) is 1. The van der Waals surface area contributed by atoms with Crippen molar-refractivity contribution < 1.29 is 4.42 Å². The van der Waals surface area contributed by atoms with Gasteiger partial charge in [0, 0.05) is 12.3 Å². The summed E-state index contributed by atoms with van der Waals surface area (Å²) in [6.07, 6.45) is 2.66. The van der Waals surface area contributed by atoms with Gasteiger partial charge in [0.15, 0.2) is 0 Å². The third-order valence-corrected chi connectivity index (χ3v) is 2.58. The van der Waals surface area contributed by atoms with Crippen molar-refractivity contribution in [3.63, 3.8) is 0 Å². The van der Waals surface area contributed by atoms with Crippen LogP contribution in [0.5, 0.6) is 0 Å². The van der Waals surface area contributed by atoms with Gasteiger partial charge in [0.1, 0.15) is 5.76 Å². The molecule has 0 N–H and O–H groups in total. The monoisotopic (exact) mass is 186 g/mol. The lowest BCUT2D eigenvalue weighted by Crippen LogP contribution is -2.13. The largest absolute Gasteiger partial charge is 0.469 e. The van der Waals surface area contributed by atoms with Gasteiger partial charge in [-0.25, -0.2) is 0 Å². The summed E-state index contributed by atoms with van der Waals surface area (Å²) in [5.74, 6) is 2.89. The molecule has 0 spiro atoms. The second-order valence-electron chi connectivity index (χ2n) is 3.44. The molecule has 0 radical (unpaired) electrons. The van der Waals surface area contributed by atoms with Gasteiger partial charge >= 0.3 is 0 Å². The van der Waals surface area contributed by atoms with Gasteiger partial charge in [0.25, 0.3) is 0 Å². The van der Waals surface area contributed by atoms with E-state index in [4.69, 9.17) is 16.0 Å². The summed E-state index contributed by atoms with van der Waals surface area (Å²) in [6, 6.07) is 3.92. The summed E-state index contributed by atoms with van der Waals surface area (Å²) in [6.45, 7) is 4.38. The van der Waals surface area contributed by atoms with Crippen LogP contribution in [0, 0.1) is 11.8 Å². The highest BCUT2D eigenvalue weighted by Gasteiger charge is 2.13. The zero-order valence-electron chi connectivity index (χ0n) is 7.59. The Kier molecular flexibility index (Phi) is 3.67. The lowest BCUT2D eigenvalue weighted by Gasteiger charge is -2.15. The predicted molar refractivity (Wildman–Crippen MR) is 51.5 cm³/mol. The number of halogens is 1. The normalized spacial score (nSPS) is 13.7. The highest BCUT2D eigenvalue weighted by Crippen LogP contribution is 2.18. The van der Waals surface area contributed by atoms with Crippen molar-refractivity contribution in [2.75, 3.05) is 5.88 Å². The molecular weight excluding hydrogens is 172 g/mol. The number of hydrogen-bond donors (Lipinski definition) is 0. The summed E-state index contributed by atoms with van der Waals surface area (Å²) in [5.41, 5.74) is 0. The van der Waals surface area contributed by atoms with Crippen molar-refractivity contribution >= 4 is 11.6 Å². The van der Waals surface area contributed by atoms with Gasteiger partial charge in [0.2, 0.25) is 0 Å². The van der Waals surface area contributed by atoms with Crippen molar-refractivity contribution in [3.8, 4) is 0 Å². The molecule has 1 aromatic heterocycles. The van der Waals surface area contributed by atoms with Crippen LogP contribution < -0.4 is 0 Å². The smallest absolute Gasteiger partial charge is 0.104 e. The minimum atomic E-state index is 0.526. The van der Waals surface area contributed by atoms with Gasteiger partial charge in [-0.15, -0.1) is 11.6 Å². The zero-order valence-corrected chi connectivity index (χ0v) is 8.34. The molecule has 0 aliphatic carbocycles. The lowest BCUT2D eigenvalue weighted by atomic mass is 9.93. The maximum Gasteiger partial charge on any atom is 0.104 e. The Morgan fingerprint density at radius 3 is 2.67 bits per heavy atom. The first-order valence-electron chi connectivity index (χ1n) is 4.32. The second-order valence-corrected chi connectivity index (χ2v) is 3.75. The molecule has 0 aliphatic heterocycles. The number of rotatable bonds is 4. The summed E-state index contributed by atoms with van der Waals surface area (Å²) >= 11 is 5.84. The van der Waals surface area contributed by atoms with Crippen molar-refractivity contribution in [2.45, 2.75) is 20.3 Å². The third kappa shape index (κ3) is 2.56. The summed E-state index contributed by atoms with van der Waals surface area (Å²) < 4.78 is 5.26. The van der Waals surface area contributed by atoms with Crippen LogP contribution in [0.15, 0.2) is 22.8 Å². The van der Waals surface area contributed by atoms with Gasteiger partial charge in [-0.3, -0.25) is 0 Å². The van der Waals surface area contributed by atoms with Crippen LogP contribution >= 0.6 is 11.6 Å². The molecule has 1 unspecified atom stereocenters. The molecule has 1 heterocycles. The number of furan rings is 1. The number of alkyl halides is 1.